The molecule has 0 heterocycles. The van der Waals surface area contributed by atoms with Crippen molar-refractivity contribution in [3.8, 4) is 0 Å². The SMILES string of the molecule is CCCCCCCCCCCC(=O)N(C)C(C)C(=O)O.CCCCCNC(CCC(=O)O)C(=O)O.OCCN(CCO)CCO. The second kappa shape index (κ2) is 34.6. The first-order valence-electron chi connectivity index (χ1n) is 16.6. The van der Waals surface area contributed by atoms with Crippen LogP contribution in [0.15, 0.2) is 0 Å². The lowest BCUT2D eigenvalue weighted by molar-refractivity contribution is -0.148. The van der Waals surface area contributed by atoms with Crippen LogP contribution in [0.4, 0.5) is 0 Å². The highest BCUT2D eigenvalue weighted by Gasteiger charge is 2.21. The van der Waals surface area contributed by atoms with Gasteiger partial charge in [0.25, 0.3) is 0 Å². The number of aliphatic hydroxyl groups is 3. The van der Waals surface area contributed by atoms with Crippen LogP contribution in [0.3, 0.4) is 0 Å². The third-order valence-corrected chi connectivity index (χ3v) is 7.19. The van der Waals surface area contributed by atoms with E-state index >= 15 is 0 Å². The van der Waals surface area contributed by atoms with Crippen molar-refractivity contribution in [2.45, 2.75) is 129 Å². The molecule has 0 fully saturated rings. The van der Waals surface area contributed by atoms with Crippen molar-refractivity contribution >= 4 is 23.8 Å². The fourth-order valence-corrected chi connectivity index (χ4v) is 4.14. The molecule has 0 aliphatic carbocycles. The van der Waals surface area contributed by atoms with E-state index in [1.165, 1.54) is 56.8 Å². The predicted octanol–water partition coefficient (Wildman–Crippen LogP) is 3.19. The molecule has 0 rings (SSSR count). The summed E-state index contributed by atoms with van der Waals surface area (Å²) >= 11 is 0. The Bertz CT molecular complexity index is 713. The minimum atomic E-state index is -0.979. The maximum absolute atomic E-state index is 11.8. The normalized spacial score (nSPS) is 11.9. The van der Waals surface area contributed by atoms with Gasteiger partial charge in [0.05, 0.1) is 19.8 Å². The number of hydrogen-bond donors (Lipinski definition) is 7. The molecule has 0 aliphatic rings. The number of carboxylic acids is 3. The zero-order chi connectivity index (χ0) is 34.9. The smallest absolute Gasteiger partial charge is 0.326 e. The van der Waals surface area contributed by atoms with E-state index in [2.05, 4.69) is 19.2 Å². The summed E-state index contributed by atoms with van der Waals surface area (Å²) in [6, 6.07) is -1.47. The standard InChI is InChI=1S/C16H31NO3.C10H19NO4.C6H15NO3/c1-4-5-6-7-8-9-10-11-12-13-15(18)17(3)14(2)16(19)20;1-2-3-4-7-11-8(10(14)15)5-6-9(12)13;8-4-1-7(2-5-9)3-6-10/h14H,4-13H2,1-3H3,(H,19,20);8,11H,2-7H2,1H3,(H,12,13)(H,14,15);8-10H,1-6H2. The lowest BCUT2D eigenvalue weighted by atomic mass is 10.1. The summed E-state index contributed by atoms with van der Waals surface area (Å²) in [5, 5.41) is 54.4. The number of nitrogens with zero attached hydrogens (tertiary/aromatic N) is 2. The largest absolute Gasteiger partial charge is 0.481 e. The van der Waals surface area contributed by atoms with Crippen LogP contribution in [0.25, 0.3) is 0 Å². The van der Waals surface area contributed by atoms with E-state index in [0.717, 1.165) is 32.1 Å². The number of carbonyl (C=O) groups is 4. The summed E-state index contributed by atoms with van der Waals surface area (Å²) in [5.41, 5.74) is 0. The molecule has 0 aromatic carbocycles. The number of nitrogens with one attached hydrogen (secondary N) is 1. The first-order valence-corrected chi connectivity index (χ1v) is 16.6. The molecule has 268 valence electrons. The number of likely N-dealkylation sites (N-methyl/N-ethyl adjacent to an activating group) is 1. The van der Waals surface area contributed by atoms with E-state index in [-0.39, 0.29) is 38.6 Å². The van der Waals surface area contributed by atoms with Crippen molar-refractivity contribution in [3.63, 3.8) is 0 Å². The van der Waals surface area contributed by atoms with Gasteiger partial charge in [-0.3, -0.25) is 19.3 Å². The fourth-order valence-electron chi connectivity index (χ4n) is 4.14. The minimum Gasteiger partial charge on any atom is -0.481 e. The maximum Gasteiger partial charge on any atom is 0.326 e. The number of carbonyl (C=O) groups excluding carboxylic acids is 1. The topological polar surface area (TPSA) is 208 Å². The first-order chi connectivity index (χ1) is 21.4. The van der Waals surface area contributed by atoms with Gasteiger partial charge in [0, 0.05) is 39.5 Å². The van der Waals surface area contributed by atoms with E-state index in [9.17, 15) is 19.2 Å². The van der Waals surface area contributed by atoms with E-state index < -0.39 is 30.0 Å². The molecule has 7 N–H and O–H groups in total. The van der Waals surface area contributed by atoms with Gasteiger partial charge in [-0.25, -0.2) is 4.79 Å². The van der Waals surface area contributed by atoms with Crippen molar-refractivity contribution in [1.82, 2.24) is 15.1 Å². The van der Waals surface area contributed by atoms with Gasteiger partial charge in [0.1, 0.15) is 12.1 Å². The van der Waals surface area contributed by atoms with E-state index in [4.69, 9.17) is 30.6 Å². The van der Waals surface area contributed by atoms with Crippen LogP contribution in [0.2, 0.25) is 0 Å². The van der Waals surface area contributed by atoms with Gasteiger partial charge in [-0.05, 0) is 32.7 Å². The summed E-state index contributed by atoms with van der Waals surface area (Å²) in [5.74, 6) is -2.96. The molecule has 0 aliphatic heterocycles. The van der Waals surface area contributed by atoms with Crippen molar-refractivity contribution in [3.05, 3.63) is 0 Å². The monoisotopic (exact) mass is 651 g/mol. The molecule has 0 spiro atoms. The van der Waals surface area contributed by atoms with Crippen LogP contribution in [0, 0.1) is 0 Å². The van der Waals surface area contributed by atoms with Gasteiger partial charge in [-0.1, -0.05) is 78.1 Å². The average Bonchev–Trinajstić information content (AvgIpc) is 2.99. The van der Waals surface area contributed by atoms with Crippen molar-refractivity contribution in [1.29, 1.82) is 0 Å². The Labute approximate surface area is 271 Å². The number of carboxylic acid groups (broad SMARTS) is 3. The zero-order valence-corrected chi connectivity index (χ0v) is 28.4. The number of aliphatic carboxylic acids is 3. The molecule has 2 atom stereocenters. The summed E-state index contributed by atoms with van der Waals surface area (Å²) in [6.45, 7) is 8.21. The highest BCUT2D eigenvalue weighted by Crippen LogP contribution is 2.11. The van der Waals surface area contributed by atoms with Gasteiger partial charge in [0.15, 0.2) is 0 Å². The van der Waals surface area contributed by atoms with Gasteiger partial charge in [-0.15, -0.1) is 0 Å². The Morgan fingerprint density at radius 2 is 1.09 bits per heavy atom. The lowest BCUT2D eigenvalue weighted by Gasteiger charge is -2.21. The quantitative estimate of drug-likeness (QED) is 0.0639. The summed E-state index contributed by atoms with van der Waals surface area (Å²) in [6.07, 6.45) is 14.5. The highest BCUT2D eigenvalue weighted by molar-refractivity contribution is 5.83. The van der Waals surface area contributed by atoms with Crippen molar-refractivity contribution in [2.24, 2.45) is 0 Å². The highest BCUT2D eigenvalue weighted by atomic mass is 16.4. The van der Waals surface area contributed by atoms with Crippen LogP contribution in [0.5, 0.6) is 0 Å². The molecule has 13 heteroatoms. The Morgan fingerprint density at radius 1 is 0.644 bits per heavy atom. The summed E-state index contributed by atoms with van der Waals surface area (Å²) in [7, 11) is 1.56. The number of aliphatic hydroxyl groups excluding tert-OH is 3. The third kappa shape index (κ3) is 32.9. The van der Waals surface area contributed by atoms with E-state index in [1.54, 1.807) is 11.9 Å². The van der Waals surface area contributed by atoms with Gasteiger partial charge in [0.2, 0.25) is 5.91 Å². The Kier molecular flexibility index (Phi) is 36.2. The number of rotatable bonds is 27. The van der Waals surface area contributed by atoms with Gasteiger partial charge < -0.3 is 40.9 Å². The molecule has 0 saturated heterocycles. The van der Waals surface area contributed by atoms with Crippen LogP contribution in [-0.4, -0.2) is 129 Å². The van der Waals surface area contributed by atoms with E-state index in [1.807, 2.05) is 0 Å². The molecule has 45 heavy (non-hydrogen) atoms. The van der Waals surface area contributed by atoms with Crippen LogP contribution in [-0.2, 0) is 19.2 Å². The summed E-state index contributed by atoms with van der Waals surface area (Å²) in [4.78, 5) is 46.7. The Balaban J connectivity index is -0.000000623. The fraction of sp³-hybridized carbons (Fsp3) is 0.875. The van der Waals surface area contributed by atoms with Gasteiger partial charge in [-0.2, -0.15) is 0 Å². The molecule has 1 amide bonds. The molecule has 0 radical (unpaired) electrons. The molecular formula is C32H65N3O10. The Hall–Kier alpha value is -2.32. The molecule has 13 nitrogen and oxygen atoms in total. The molecule has 0 bridgehead atoms. The minimum absolute atomic E-state index is 0.0668. The molecular weight excluding hydrogens is 586 g/mol. The van der Waals surface area contributed by atoms with Crippen LogP contribution in [0.1, 0.15) is 117 Å². The molecule has 0 aromatic heterocycles. The van der Waals surface area contributed by atoms with Crippen LogP contribution < -0.4 is 5.32 Å². The number of amides is 1. The number of unbranched alkanes of at least 4 members (excludes halogenated alkanes) is 10. The lowest BCUT2D eigenvalue weighted by Crippen LogP contribution is -2.40. The predicted molar refractivity (Wildman–Crippen MR) is 175 cm³/mol. The Morgan fingerprint density at radius 3 is 1.49 bits per heavy atom. The second-order valence-electron chi connectivity index (χ2n) is 11.1. The molecule has 2 unspecified atom stereocenters. The zero-order valence-electron chi connectivity index (χ0n) is 28.4. The van der Waals surface area contributed by atoms with E-state index in [0.29, 0.717) is 32.6 Å². The summed E-state index contributed by atoms with van der Waals surface area (Å²) < 4.78 is 0. The van der Waals surface area contributed by atoms with Crippen molar-refractivity contribution < 1.29 is 49.8 Å². The van der Waals surface area contributed by atoms with Gasteiger partial charge >= 0.3 is 17.9 Å². The number of hydrogen-bond acceptors (Lipinski definition) is 9. The molecule has 0 aromatic rings. The maximum atomic E-state index is 11.8. The average molecular weight is 652 g/mol. The third-order valence-electron chi connectivity index (χ3n) is 7.19. The van der Waals surface area contributed by atoms with Crippen LogP contribution >= 0.6 is 0 Å². The first kappa shape index (κ1) is 47.1. The van der Waals surface area contributed by atoms with Crippen molar-refractivity contribution in [2.75, 3.05) is 53.0 Å². The second-order valence-corrected chi connectivity index (χ2v) is 11.1. The molecule has 0 saturated carbocycles.